The molecule has 11 heteroatoms. The van der Waals surface area contributed by atoms with Crippen LogP contribution in [0, 0.1) is 0 Å². The molecule has 1 heterocycles. The van der Waals surface area contributed by atoms with Crippen LogP contribution in [0.2, 0.25) is 0 Å². The predicted molar refractivity (Wildman–Crippen MR) is 130 cm³/mol. The second kappa shape index (κ2) is 11.8. The van der Waals surface area contributed by atoms with Crippen molar-refractivity contribution in [2.24, 2.45) is 0 Å². The van der Waals surface area contributed by atoms with Crippen LogP contribution in [-0.2, 0) is 11.3 Å². The Bertz CT molecular complexity index is 1140. The normalized spacial score (nSPS) is 10.3. The minimum absolute atomic E-state index is 0.0350. The highest BCUT2D eigenvalue weighted by atomic mass is 32.2. The maximum absolute atomic E-state index is 12.3. The molecule has 0 radical (unpaired) electrons. The van der Waals surface area contributed by atoms with Gasteiger partial charge >= 0.3 is 6.03 Å². The second-order valence-electron chi connectivity index (χ2n) is 6.78. The number of methoxy groups -OCH3 is 3. The second-order valence-corrected chi connectivity index (χ2v) is 7.72. The third-order valence-corrected chi connectivity index (χ3v) is 5.54. The molecule has 0 fully saturated rings. The third-order valence-electron chi connectivity index (χ3n) is 4.57. The molecular weight excluding hydrogens is 458 g/mol. The summed E-state index contributed by atoms with van der Waals surface area (Å²) in [5.41, 5.74) is 1.27. The smallest absolute Gasteiger partial charge is 0.325 e. The van der Waals surface area contributed by atoms with Gasteiger partial charge < -0.3 is 19.5 Å². The van der Waals surface area contributed by atoms with E-state index in [0.717, 1.165) is 11.8 Å². The first-order valence-corrected chi connectivity index (χ1v) is 11.1. The highest BCUT2D eigenvalue weighted by Crippen LogP contribution is 2.41. The van der Waals surface area contributed by atoms with Crippen LogP contribution >= 0.6 is 11.8 Å². The van der Waals surface area contributed by atoms with E-state index in [1.165, 1.54) is 21.3 Å². The Labute approximate surface area is 201 Å². The van der Waals surface area contributed by atoms with E-state index in [-0.39, 0.29) is 5.75 Å². The summed E-state index contributed by atoms with van der Waals surface area (Å²) < 4.78 is 18.0. The van der Waals surface area contributed by atoms with Crippen molar-refractivity contribution in [3.05, 3.63) is 55.1 Å². The number of rotatable bonds is 10. The van der Waals surface area contributed by atoms with Crippen molar-refractivity contribution in [3.8, 4) is 28.6 Å². The number of carbonyl (C=O) groups is 2. The molecule has 0 saturated heterocycles. The number of anilines is 1. The largest absolute Gasteiger partial charge is 0.493 e. The molecule has 0 aliphatic rings. The van der Waals surface area contributed by atoms with Gasteiger partial charge in [0.15, 0.2) is 22.5 Å². The molecule has 1 aromatic heterocycles. The van der Waals surface area contributed by atoms with Gasteiger partial charge in [-0.2, -0.15) is 0 Å². The Kier molecular flexibility index (Phi) is 8.52. The number of thioether (sulfide) groups is 1. The van der Waals surface area contributed by atoms with Crippen LogP contribution in [0.1, 0.15) is 0 Å². The first kappa shape index (κ1) is 24.6. The summed E-state index contributed by atoms with van der Waals surface area (Å²) in [6, 6.07) is 11.8. The van der Waals surface area contributed by atoms with E-state index in [4.69, 9.17) is 14.2 Å². The number of urea groups is 1. The molecule has 178 valence electrons. The zero-order chi connectivity index (χ0) is 24.5. The fraction of sp³-hybridized carbons (Fsp3) is 0.217. The molecule has 2 aromatic carbocycles. The molecule has 0 bridgehead atoms. The third kappa shape index (κ3) is 5.87. The van der Waals surface area contributed by atoms with Gasteiger partial charge in [-0.1, -0.05) is 36.0 Å². The summed E-state index contributed by atoms with van der Waals surface area (Å²) >= 11 is 1.15. The van der Waals surface area contributed by atoms with Gasteiger partial charge in [0, 0.05) is 17.8 Å². The predicted octanol–water partition coefficient (Wildman–Crippen LogP) is 3.60. The molecule has 10 nitrogen and oxygen atoms in total. The quantitative estimate of drug-likeness (QED) is 0.332. The molecule has 34 heavy (non-hydrogen) atoms. The maximum Gasteiger partial charge on any atom is 0.325 e. The van der Waals surface area contributed by atoms with Gasteiger partial charge in [-0.15, -0.1) is 16.8 Å². The van der Waals surface area contributed by atoms with Gasteiger partial charge in [0.1, 0.15) is 0 Å². The van der Waals surface area contributed by atoms with Gasteiger partial charge in [0.05, 0.1) is 27.1 Å². The number of imide groups is 1. The summed E-state index contributed by atoms with van der Waals surface area (Å²) in [7, 11) is 4.59. The highest BCUT2D eigenvalue weighted by molar-refractivity contribution is 7.99. The van der Waals surface area contributed by atoms with E-state index in [2.05, 4.69) is 27.4 Å². The van der Waals surface area contributed by atoms with Gasteiger partial charge in [-0.3, -0.25) is 14.7 Å². The van der Waals surface area contributed by atoms with Crippen molar-refractivity contribution in [2.75, 3.05) is 32.4 Å². The molecule has 3 rings (SSSR count). The Balaban J connectivity index is 1.75. The number of benzene rings is 2. The lowest BCUT2D eigenvalue weighted by molar-refractivity contribution is -0.117. The number of hydrogen-bond donors (Lipinski definition) is 2. The number of carbonyl (C=O) groups excluding carboxylic acids is 2. The first-order chi connectivity index (χ1) is 16.5. The Morgan fingerprint density at radius 2 is 1.74 bits per heavy atom. The van der Waals surface area contributed by atoms with E-state index in [1.807, 2.05) is 6.07 Å². The number of nitrogens with one attached hydrogen (secondary N) is 2. The van der Waals surface area contributed by atoms with Crippen molar-refractivity contribution in [2.45, 2.75) is 11.7 Å². The van der Waals surface area contributed by atoms with Crippen LogP contribution in [0.25, 0.3) is 11.4 Å². The first-order valence-electron chi connectivity index (χ1n) is 10.1. The molecule has 0 aliphatic heterocycles. The van der Waals surface area contributed by atoms with E-state index < -0.39 is 11.9 Å². The lowest BCUT2D eigenvalue weighted by atomic mass is 10.1. The number of para-hydroxylation sites is 1. The molecule has 3 aromatic rings. The van der Waals surface area contributed by atoms with E-state index in [9.17, 15) is 9.59 Å². The van der Waals surface area contributed by atoms with Gasteiger partial charge in [-0.05, 0) is 24.3 Å². The Morgan fingerprint density at radius 3 is 2.32 bits per heavy atom. The zero-order valence-corrected chi connectivity index (χ0v) is 19.8. The standard InChI is InChI=1S/C23H25N5O5S/c1-5-11-28-21(15-12-17(31-2)20(33-4)18(13-15)32-3)26-27-23(28)34-14-19(29)25-22(30)24-16-9-7-6-8-10-16/h5-10,12-13H,1,11,14H2,2-4H3,(H2,24,25,29,30). The lowest BCUT2D eigenvalue weighted by Crippen LogP contribution is -2.35. The number of ether oxygens (including phenoxy) is 3. The van der Waals surface area contributed by atoms with Crippen LogP contribution in [0.15, 0.2) is 60.3 Å². The van der Waals surface area contributed by atoms with Crippen LogP contribution < -0.4 is 24.8 Å². The monoisotopic (exact) mass is 483 g/mol. The fourth-order valence-electron chi connectivity index (χ4n) is 3.09. The van der Waals surface area contributed by atoms with Gasteiger partial charge in [-0.25, -0.2) is 4.79 Å². The van der Waals surface area contributed by atoms with E-state index >= 15 is 0 Å². The minimum atomic E-state index is -0.609. The van der Waals surface area contributed by atoms with Crippen molar-refractivity contribution in [1.29, 1.82) is 0 Å². The van der Waals surface area contributed by atoms with Crippen LogP contribution in [0.3, 0.4) is 0 Å². The van der Waals surface area contributed by atoms with Gasteiger partial charge in [0.2, 0.25) is 11.7 Å². The van der Waals surface area contributed by atoms with Crippen molar-refractivity contribution < 1.29 is 23.8 Å². The zero-order valence-electron chi connectivity index (χ0n) is 19.0. The summed E-state index contributed by atoms with van der Waals surface area (Å²) in [5, 5.41) is 13.9. The number of amides is 3. The van der Waals surface area contributed by atoms with E-state index in [0.29, 0.717) is 46.0 Å². The maximum atomic E-state index is 12.3. The average Bonchev–Trinajstić information content (AvgIpc) is 3.25. The highest BCUT2D eigenvalue weighted by Gasteiger charge is 2.20. The van der Waals surface area contributed by atoms with Crippen LogP contribution in [-0.4, -0.2) is 53.8 Å². The topological polar surface area (TPSA) is 117 Å². The summed E-state index contributed by atoms with van der Waals surface area (Å²) in [6.45, 7) is 4.19. The molecule has 0 saturated carbocycles. The number of nitrogens with zero attached hydrogens (tertiary/aromatic N) is 3. The van der Waals surface area contributed by atoms with Crippen molar-refractivity contribution >= 4 is 29.4 Å². The minimum Gasteiger partial charge on any atom is -0.493 e. The molecule has 0 atom stereocenters. The average molecular weight is 484 g/mol. The Morgan fingerprint density at radius 1 is 1.06 bits per heavy atom. The van der Waals surface area contributed by atoms with Crippen molar-refractivity contribution in [3.63, 3.8) is 0 Å². The molecule has 0 aliphatic carbocycles. The van der Waals surface area contributed by atoms with Crippen molar-refractivity contribution in [1.82, 2.24) is 20.1 Å². The summed E-state index contributed by atoms with van der Waals surface area (Å²) in [5.74, 6) is 1.44. The molecule has 0 unspecified atom stereocenters. The number of hydrogen-bond acceptors (Lipinski definition) is 8. The fourth-order valence-corrected chi connectivity index (χ4v) is 3.84. The van der Waals surface area contributed by atoms with E-state index in [1.54, 1.807) is 47.0 Å². The SMILES string of the molecule is C=CCn1c(SCC(=O)NC(=O)Nc2ccccc2)nnc1-c1cc(OC)c(OC)c(OC)c1. The molecule has 0 spiro atoms. The number of aromatic nitrogens is 3. The molecular formula is C23H25N5O5S. The number of allylic oxidation sites excluding steroid dienone is 1. The molecule has 2 N–H and O–H groups in total. The summed E-state index contributed by atoms with van der Waals surface area (Å²) in [6.07, 6.45) is 1.70. The Hall–Kier alpha value is -3.99. The lowest BCUT2D eigenvalue weighted by Gasteiger charge is -2.14. The van der Waals surface area contributed by atoms with Crippen LogP contribution in [0.5, 0.6) is 17.2 Å². The van der Waals surface area contributed by atoms with Crippen LogP contribution in [0.4, 0.5) is 10.5 Å². The molecule has 3 amide bonds. The summed E-state index contributed by atoms with van der Waals surface area (Å²) in [4.78, 5) is 24.3. The van der Waals surface area contributed by atoms with Gasteiger partial charge in [0.25, 0.3) is 0 Å².